The van der Waals surface area contributed by atoms with Crippen LogP contribution in [0.5, 0.6) is 0 Å². The second kappa shape index (κ2) is 12.0. The zero-order valence-electron chi connectivity index (χ0n) is 19.6. The molecule has 0 saturated carbocycles. The van der Waals surface area contributed by atoms with E-state index in [0.717, 1.165) is 41.2 Å². The molecule has 1 heterocycles. The number of hydrogen-bond acceptors (Lipinski definition) is 4. The van der Waals surface area contributed by atoms with E-state index in [9.17, 15) is 14.7 Å². The number of carboxylic acids is 1. The van der Waals surface area contributed by atoms with Crippen LogP contribution in [0.1, 0.15) is 36.8 Å². The number of amides is 1. The lowest BCUT2D eigenvalue weighted by atomic mass is 10.1. The van der Waals surface area contributed by atoms with Crippen LogP contribution in [0.15, 0.2) is 49.0 Å². The number of aryl methyl sites for hydroxylation is 2. The molecule has 0 aliphatic rings. The SMILES string of the molecule is C=Cc1sc2ccc(Cl)cc2[n+]1CCCCNC(=O)CCN(c1ccc(C)cc1)C(C)C(=O)O. The topological polar surface area (TPSA) is 73.5 Å². The molecule has 8 heteroatoms. The van der Waals surface area contributed by atoms with Crippen molar-refractivity contribution in [3.8, 4) is 0 Å². The molecule has 34 heavy (non-hydrogen) atoms. The van der Waals surface area contributed by atoms with Gasteiger partial charge in [-0.05, 0) is 44.5 Å². The molecule has 1 atom stereocenters. The normalized spacial score (nSPS) is 11.9. The van der Waals surface area contributed by atoms with Gasteiger partial charge in [-0.3, -0.25) is 4.79 Å². The molecular formula is C26H31ClN3O3S+. The summed E-state index contributed by atoms with van der Waals surface area (Å²) in [4.78, 5) is 25.7. The van der Waals surface area contributed by atoms with E-state index in [0.29, 0.717) is 18.1 Å². The molecule has 1 aromatic heterocycles. The first-order valence-electron chi connectivity index (χ1n) is 11.4. The standard InChI is InChI=1S/C26H30ClN3O3S/c1-4-25-30(22-17-20(27)9-12-23(22)34-25)15-6-5-14-28-24(31)13-16-29(19(3)26(32)33)21-10-7-18(2)8-11-21/h4,7-12,17,19H,1,5-6,13-16H2,2-3H3,(H-,28,31,32,33)/p+1. The van der Waals surface area contributed by atoms with Crippen LogP contribution in [-0.4, -0.2) is 36.1 Å². The number of nitrogens with zero attached hydrogens (tertiary/aromatic N) is 2. The van der Waals surface area contributed by atoms with Crippen molar-refractivity contribution in [3.05, 3.63) is 64.6 Å². The van der Waals surface area contributed by atoms with Gasteiger partial charge in [-0.2, -0.15) is 4.57 Å². The number of benzene rings is 2. The largest absolute Gasteiger partial charge is 0.480 e. The fourth-order valence-electron chi connectivity index (χ4n) is 3.81. The summed E-state index contributed by atoms with van der Waals surface area (Å²) in [6, 6.07) is 12.8. The Kier molecular flexibility index (Phi) is 9.07. The Labute approximate surface area is 209 Å². The molecule has 1 unspecified atom stereocenters. The number of nitrogens with one attached hydrogen (secondary N) is 1. The molecule has 6 nitrogen and oxygen atoms in total. The molecule has 0 spiro atoms. The highest BCUT2D eigenvalue weighted by atomic mass is 35.5. The van der Waals surface area contributed by atoms with Crippen molar-refractivity contribution in [1.29, 1.82) is 0 Å². The van der Waals surface area contributed by atoms with Crippen LogP contribution in [0.3, 0.4) is 0 Å². The lowest BCUT2D eigenvalue weighted by Gasteiger charge is -2.28. The maximum absolute atomic E-state index is 12.4. The number of carbonyl (C=O) groups excluding carboxylic acids is 1. The first kappa shape index (κ1) is 25.7. The number of unbranched alkanes of at least 4 members (excludes halogenated alkanes) is 1. The smallest absolute Gasteiger partial charge is 0.326 e. The molecule has 3 rings (SSSR count). The lowest BCUT2D eigenvalue weighted by molar-refractivity contribution is -0.669. The van der Waals surface area contributed by atoms with Crippen LogP contribution in [0.2, 0.25) is 5.02 Å². The first-order chi connectivity index (χ1) is 16.3. The van der Waals surface area contributed by atoms with E-state index in [4.69, 9.17) is 11.6 Å². The van der Waals surface area contributed by atoms with Gasteiger partial charge in [0.2, 0.25) is 11.4 Å². The van der Waals surface area contributed by atoms with E-state index in [1.165, 1.54) is 4.70 Å². The monoisotopic (exact) mass is 500 g/mol. The van der Waals surface area contributed by atoms with Crippen LogP contribution >= 0.6 is 22.9 Å². The van der Waals surface area contributed by atoms with Gasteiger partial charge in [0.1, 0.15) is 10.7 Å². The zero-order chi connectivity index (χ0) is 24.7. The summed E-state index contributed by atoms with van der Waals surface area (Å²) in [6.45, 7) is 9.26. The predicted octanol–water partition coefficient (Wildman–Crippen LogP) is 5.06. The Balaban J connectivity index is 1.48. The summed E-state index contributed by atoms with van der Waals surface area (Å²) in [5.41, 5.74) is 2.99. The molecule has 1 amide bonds. The number of carbonyl (C=O) groups is 2. The van der Waals surface area contributed by atoms with Gasteiger partial charge >= 0.3 is 5.97 Å². The van der Waals surface area contributed by atoms with E-state index in [1.54, 1.807) is 23.2 Å². The minimum atomic E-state index is -0.917. The van der Waals surface area contributed by atoms with Crippen molar-refractivity contribution >= 4 is 56.8 Å². The van der Waals surface area contributed by atoms with E-state index < -0.39 is 12.0 Å². The van der Waals surface area contributed by atoms with Crippen LogP contribution in [-0.2, 0) is 16.1 Å². The van der Waals surface area contributed by atoms with E-state index in [-0.39, 0.29) is 12.3 Å². The van der Waals surface area contributed by atoms with E-state index in [1.807, 2.05) is 55.5 Å². The van der Waals surface area contributed by atoms with Gasteiger partial charge in [-0.25, -0.2) is 4.79 Å². The number of anilines is 1. The summed E-state index contributed by atoms with van der Waals surface area (Å²) in [7, 11) is 0. The summed E-state index contributed by atoms with van der Waals surface area (Å²) in [5.74, 6) is -0.999. The van der Waals surface area contributed by atoms with Crippen molar-refractivity contribution < 1.29 is 19.3 Å². The average molecular weight is 501 g/mol. The molecule has 0 fully saturated rings. The molecule has 0 aliphatic heterocycles. The Morgan fingerprint density at radius 3 is 2.65 bits per heavy atom. The van der Waals surface area contributed by atoms with E-state index in [2.05, 4.69) is 16.5 Å². The predicted molar refractivity (Wildman–Crippen MR) is 140 cm³/mol. The number of thiazole rings is 1. The van der Waals surface area contributed by atoms with Crippen LogP contribution in [0.25, 0.3) is 16.3 Å². The first-order valence-corrected chi connectivity index (χ1v) is 12.6. The highest BCUT2D eigenvalue weighted by Crippen LogP contribution is 2.24. The molecule has 0 bridgehead atoms. The quantitative estimate of drug-likeness (QED) is 0.269. The Bertz CT molecular complexity index is 1160. The minimum absolute atomic E-state index is 0.0816. The molecule has 0 aliphatic carbocycles. The summed E-state index contributed by atoms with van der Waals surface area (Å²) < 4.78 is 3.38. The van der Waals surface area contributed by atoms with Gasteiger partial charge in [-0.15, -0.1) is 0 Å². The van der Waals surface area contributed by atoms with Crippen molar-refractivity contribution in [2.24, 2.45) is 0 Å². The second-order valence-electron chi connectivity index (χ2n) is 8.26. The van der Waals surface area contributed by atoms with Crippen LogP contribution in [0, 0.1) is 6.92 Å². The van der Waals surface area contributed by atoms with Gasteiger partial charge in [-0.1, -0.05) is 47.2 Å². The number of rotatable bonds is 12. The van der Waals surface area contributed by atoms with Gasteiger partial charge in [0, 0.05) is 48.8 Å². The maximum atomic E-state index is 12.4. The van der Waals surface area contributed by atoms with Crippen molar-refractivity contribution in [3.63, 3.8) is 0 Å². The van der Waals surface area contributed by atoms with Crippen molar-refractivity contribution in [2.75, 3.05) is 18.0 Å². The summed E-state index contributed by atoms with van der Waals surface area (Å²) in [6.07, 6.45) is 3.82. The number of hydrogen-bond donors (Lipinski definition) is 2. The number of carboxylic acid groups (broad SMARTS) is 1. The third-order valence-electron chi connectivity index (χ3n) is 5.77. The number of aromatic nitrogens is 1. The highest BCUT2D eigenvalue weighted by molar-refractivity contribution is 7.18. The number of fused-ring (bicyclic) bond motifs is 1. The number of aliphatic carboxylic acids is 1. The minimum Gasteiger partial charge on any atom is -0.480 e. The lowest BCUT2D eigenvalue weighted by Crippen LogP contribution is -2.41. The Morgan fingerprint density at radius 2 is 1.97 bits per heavy atom. The molecule has 0 radical (unpaired) electrons. The molecule has 180 valence electrons. The molecule has 3 aromatic rings. The molecule has 0 saturated heterocycles. The van der Waals surface area contributed by atoms with Crippen molar-refractivity contribution in [2.45, 2.75) is 45.7 Å². The zero-order valence-corrected chi connectivity index (χ0v) is 21.2. The summed E-state index contributed by atoms with van der Waals surface area (Å²) in [5, 5.41) is 14.2. The fraction of sp³-hybridized carbons (Fsp3) is 0.346. The number of halogens is 1. The Morgan fingerprint density at radius 1 is 1.24 bits per heavy atom. The van der Waals surface area contributed by atoms with Gasteiger partial charge in [0.25, 0.3) is 5.01 Å². The van der Waals surface area contributed by atoms with Gasteiger partial charge in [0.15, 0.2) is 6.54 Å². The van der Waals surface area contributed by atoms with Crippen LogP contribution < -0.4 is 14.8 Å². The summed E-state index contributed by atoms with van der Waals surface area (Å²) >= 11 is 7.86. The van der Waals surface area contributed by atoms with Crippen molar-refractivity contribution in [1.82, 2.24) is 5.32 Å². The third kappa shape index (κ3) is 6.58. The van der Waals surface area contributed by atoms with Gasteiger partial charge < -0.3 is 15.3 Å². The second-order valence-corrected chi connectivity index (χ2v) is 9.76. The molecule has 2 aromatic carbocycles. The third-order valence-corrected chi connectivity index (χ3v) is 7.16. The van der Waals surface area contributed by atoms with Gasteiger partial charge in [0.05, 0.1) is 0 Å². The van der Waals surface area contributed by atoms with Crippen LogP contribution in [0.4, 0.5) is 5.69 Å². The average Bonchev–Trinajstić information content (AvgIpc) is 3.16. The maximum Gasteiger partial charge on any atom is 0.326 e. The molecule has 2 N–H and O–H groups in total. The Hall–Kier alpha value is -2.90. The molecular weight excluding hydrogens is 470 g/mol. The van der Waals surface area contributed by atoms with E-state index >= 15 is 0 Å². The fourth-order valence-corrected chi connectivity index (χ4v) is 4.99. The highest BCUT2D eigenvalue weighted by Gasteiger charge is 2.22.